The third kappa shape index (κ3) is 3.74. The Morgan fingerprint density at radius 2 is 2.37 bits per heavy atom. The molecule has 0 bridgehead atoms. The first-order chi connectivity index (χ1) is 9.20. The smallest absolute Gasteiger partial charge is 0.146 e. The first-order valence-electron chi connectivity index (χ1n) is 6.32. The lowest BCUT2D eigenvalue weighted by molar-refractivity contribution is -0.0719. The van der Waals surface area contributed by atoms with Crippen LogP contribution in [0.3, 0.4) is 0 Å². The van der Waals surface area contributed by atoms with Gasteiger partial charge in [0.15, 0.2) is 0 Å². The van der Waals surface area contributed by atoms with Crippen LogP contribution in [0.5, 0.6) is 0 Å². The zero-order valence-corrected chi connectivity index (χ0v) is 10.9. The van der Waals surface area contributed by atoms with Gasteiger partial charge in [-0.15, -0.1) is 0 Å². The highest BCUT2D eigenvalue weighted by Crippen LogP contribution is 2.13. The maximum Gasteiger partial charge on any atom is 0.146 e. The van der Waals surface area contributed by atoms with Crippen molar-refractivity contribution in [1.82, 2.24) is 5.32 Å². The molecule has 1 aromatic carbocycles. The molecule has 19 heavy (non-hydrogen) atoms. The van der Waals surface area contributed by atoms with Gasteiger partial charge in [-0.1, -0.05) is 12.1 Å². The van der Waals surface area contributed by atoms with Crippen molar-refractivity contribution < 1.29 is 13.9 Å². The van der Waals surface area contributed by atoms with Gasteiger partial charge in [-0.2, -0.15) is 5.26 Å². The Kier molecular flexibility index (Phi) is 4.86. The lowest BCUT2D eigenvalue weighted by atomic mass is 10.1. The quantitative estimate of drug-likeness (QED) is 0.897. The summed E-state index contributed by atoms with van der Waals surface area (Å²) in [6, 6.07) is 6.55. The topological polar surface area (TPSA) is 54.3 Å². The number of nitrogens with one attached hydrogen (secondary N) is 1. The largest absolute Gasteiger partial charge is 0.374 e. The molecule has 2 rings (SSSR count). The number of nitriles is 1. The van der Waals surface area contributed by atoms with Crippen LogP contribution in [0.1, 0.15) is 18.1 Å². The van der Waals surface area contributed by atoms with Crippen LogP contribution in [0.4, 0.5) is 4.39 Å². The van der Waals surface area contributed by atoms with Crippen LogP contribution in [0, 0.1) is 17.1 Å². The average Bonchev–Trinajstić information content (AvgIpc) is 2.41. The maximum atomic E-state index is 13.8. The normalized spacial score (nSPS) is 23.0. The maximum absolute atomic E-state index is 13.8. The lowest BCUT2D eigenvalue weighted by Crippen LogP contribution is -2.45. The Morgan fingerprint density at radius 3 is 3.11 bits per heavy atom. The van der Waals surface area contributed by atoms with Gasteiger partial charge in [0, 0.05) is 18.7 Å². The Bertz CT molecular complexity index is 473. The number of hydrogen-bond acceptors (Lipinski definition) is 4. The highest BCUT2D eigenvalue weighted by molar-refractivity contribution is 5.34. The van der Waals surface area contributed by atoms with Gasteiger partial charge in [0.05, 0.1) is 31.0 Å². The van der Waals surface area contributed by atoms with Crippen LogP contribution < -0.4 is 5.32 Å². The number of hydrogen-bond donors (Lipinski definition) is 1. The van der Waals surface area contributed by atoms with Crippen molar-refractivity contribution in [1.29, 1.82) is 5.26 Å². The molecule has 5 heteroatoms. The summed E-state index contributed by atoms with van der Waals surface area (Å²) in [5.41, 5.74) is 0.446. The van der Waals surface area contributed by atoms with Gasteiger partial charge in [0.25, 0.3) is 0 Å². The van der Waals surface area contributed by atoms with E-state index in [1.54, 1.807) is 12.1 Å². The van der Waals surface area contributed by atoms with E-state index in [0.29, 0.717) is 12.2 Å². The number of ether oxygens (including phenoxy) is 2. The van der Waals surface area contributed by atoms with Crippen molar-refractivity contribution in [2.45, 2.75) is 25.7 Å². The molecule has 0 aromatic heterocycles. The molecule has 2 atom stereocenters. The van der Waals surface area contributed by atoms with E-state index in [1.165, 1.54) is 6.07 Å². The van der Waals surface area contributed by atoms with Gasteiger partial charge in [0.2, 0.25) is 0 Å². The van der Waals surface area contributed by atoms with E-state index in [9.17, 15) is 4.39 Å². The van der Waals surface area contributed by atoms with Crippen LogP contribution in [-0.2, 0) is 16.1 Å². The molecular weight excluding hydrogens is 247 g/mol. The van der Waals surface area contributed by atoms with Crippen molar-refractivity contribution in [3.05, 3.63) is 35.1 Å². The number of halogens is 1. The molecular formula is C14H17FN2O2. The zero-order chi connectivity index (χ0) is 13.7. The van der Waals surface area contributed by atoms with Crippen molar-refractivity contribution >= 4 is 0 Å². The predicted octanol–water partition coefficient (Wildman–Crippen LogP) is 1.59. The van der Waals surface area contributed by atoms with Crippen LogP contribution in [0.15, 0.2) is 18.2 Å². The summed E-state index contributed by atoms with van der Waals surface area (Å²) in [4.78, 5) is 0. The fourth-order valence-electron chi connectivity index (χ4n) is 2.05. The van der Waals surface area contributed by atoms with Gasteiger partial charge < -0.3 is 14.8 Å². The molecule has 1 fully saturated rings. The van der Waals surface area contributed by atoms with E-state index in [2.05, 4.69) is 5.32 Å². The van der Waals surface area contributed by atoms with Gasteiger partial charge in [-0.25, -0.2) is 4.39 Å². The van der Waals surface area contributed by atoms with Gasteiger partial charge in [0.1, 0.15) is 11.9 Å². The van der Waals surface area contributed by atoms with Crippen LogP contribution >= 0.6 is 0 Å². The SMILES string of the molecule is CC1CNCC(COCc2cccc(C#N)c2F)O1. The van der Waals surface area contributed by atoms with Crippen LogP contribution in [0.25, 0.3) is 0 Å². The second kappa shape index (κ2) is 6.62. The molecule has 0 amide bonds. The van der Waals surface area contributed by atoms with E-state index >= 15 is 0 Å². The highest BCUT2D eigenvalue weighted by atomic mass is 19.1. The third-order valence-electron chi connectivity index (χ3n) is 2.99. The third-order valence-corrected chi connectivity index (χ3v) is 2.99. The van der Waals surface area contributed by atoms with E-state index in [0.717, 1.165) is 13.1 Å². The summed E-state index contributed by atoms with van der Waals surface area (Å²) in [5.74, 6) is -0.499. The molecule has 1 aliphatic heterocycles. The Hall–Kier alpha value is -1.48. The number of nitrogens with zero attached hydrogens (tertiary/aromatic N) is 1. The second-order valence-corrected chi connectivity index (χ2v) is 4.63. The molecule has 102 valence electrons. The number of rotatable bonds is 4. The fourth-order valence-corrected chi connectivity index (χ4v) is 2.05. The fraction of sp³-hybridized carbons (Fsp3) is 0.500. The summed E-state index contributed by atoms with van der Waals surface area (Å²) >= 11 is 0. The van der Waals surface area contributed by atoms with Gasteiger partial charge >= 0.3 is 0 Å². The Morgan fingerprint density at radius 1 is 1.53 bits per heavy atom. The molecule has 1 aliphatic rings. The van der Waals surface area contributed by atoms with Gasteiger partial charge in [-0.05, 0) is 13.0 Å². The molecule has 1 heterocycles. The molecule has 2 unspecified atom stereocenters. The molecule has 1 saturated heterocycles. The van der Waals surface area contributed by atoms with E-state index in [1.807, 2.05) is 13.0 Å². The van der Waals surface area contributed by atoms with Crippen molar-refractivity contribution in [2.75, 3.05) is 19.7 Å². The minimum absolute atomic E-state index is 0.00837. The summed E-state index contributed by atoms with van der Waals surface area (Å²) in [7, 11) is 0. The molecule has 0 radical (unpaired) electrons. The zero-order valence-electron chi connectivity index (χ0n) is 10.9. The predicted molar refractivity (Wildman–Crippen MR) is 68.0 cm³/mol. The monoisotopic (exact) mass is 264 g/mol. The summed E-state index contributed by atoms with van der Waals surface area (Å²) in [6.07, 6.45) is 0.159. The lowest BCUT2D eigenvalue weighted by Gasteiger charge is -2.28. The molecule has 0 saturated carbocycles. The van der Waals surface area contributed by atoms with E-state index in [-0.39, 0.29) is 24.4 Å². The molecule has 1 aromatic rings. The van der Waals surface area contributed by atoms with Gasteiger partial charge in [-0.3, -0.25) is 0 Å². The molecule has 1 N–H and O–H groups in total. The van der Waals surface area contributed by atoms with E-state index < -0.39 is 5.82 Å². The minimum Gasteiger partial charge on any atom is -0.374 e. The van der Waals surface area contributed by atoms with E-state index in [4.69, 9.17) is 14.7 Å². The highest BCUT2D eigenvalue weighted by Gasteiger charge is 2.18. The second-order valence-electron chi connectivity index (χ2n) is 4.63. The number of morpholine rings is 1. The summed E-state index contributed by atoms with van der Waals surface area (Å²) < 4.78 is 24.9. The van der Waals surface area contributed by atoms with Crippen LogP contribution in [-0.4, -0.2) is 31.9 Å². The molecule has 0 aliphatic carbocycles. The number of benzene rings is 1. The van der Waals surface area contributed by atoms with Crippen molar-refractivity contribution in [3.8, 4) is 6.07 Å². The Labute approximate surface area is 112 Å². The average molecular weight is 264 g/mol. The standard InChI is InChI=1S/C14H17FN2O2/c1-10-6-17-7-13(19-10)9-18-8-12-4-2-3-11(5-16)14(12)15/h2-4,10,13,17H,6-9H2,1H3. The van der Waals surface area contributed by atoms with Crippen molar-refractivity contribution in [3.63, 3.8) is 0 Å². The first-order valence-corrected chi connectivity index (χ1v) is 6.32. The minimum atomic E-state index is -0.499. The molecule has 4 nitrogen and oxygen atoms in total. The first kappa shape index (κ1) is 13.9. The summed E-state index contributed by atoms with van der Waals surface area (Å²) in [6.45, 7) is 4.14. The molecule has 0 spiro atoms. The Balaban J connectivity index is 1.84. The summed E-state index contributed by atoms with van der Waals surface area (Å²) in [5, 5.41) is 12.0. The van der Waals surface area contributed by atoms with Crippen LogP contribution in [0.2, 0.25) is 0 Å². The van der Waals surface area contributed by atoms with Crippen molar-refractivity contribution in [2.24, 2.45) is 0 Å².